The van der Waals surface area contributed by atoms with Crippen LogP contribution in [0.15, 0.2) is 18.2 Å². The Morgan fingerprint density at radius 2 is 2.20 bits per heavy atom. The van der Waals surface area contributed by atoms with Crippen molar-refractivity contribution in [2.75, 3.05) is 18.2 Å². The molecule has 1 aliphatic rings. The summed E-state index contributed by atoms with van der Waals surface area (Å²) >= 11 is 0. The Morgan fingerprint density at radius 3 is 2.80 bits per heavy atom. The second-order valence-corrected chi connectivity index (χ2v) is 4.23. The minimum absolute atomic E-state index is 0.540. The third kappa shape index (κ3) is 2.35. The molecular formula is C12H18N2O. The van der Waals surface area contributed by atoms with Crippen LogP contribution >= 0.6 is 0 Å². The van der Waals surface area contributed by atoms with Crippen molar-refractivity contribution in [1.29, 1.82) is 0 Å². The van der Waals surface area contributed by atoms with E-state index in [9.17, 15) is 0 Å². The van der Waals surface area contributed by atoms with Gasteiger partial charge in [0.15, 0.2) is 0 Å². The minimum Gasteiger partial charge on any atom is -0.495 e. The maximum Gasteiger partial charge on any atom is 0.143 e. The predicted octanol–water partition coefficient (Wildman–Crippen LogP) is 2.49. The standard InChI is InChI=1S/C12H18N2O/c1-8(9-3-4-9)14-10-5-6-11(13)12(7-10)15-2/h5-9,14H,3-4,13H2,1-2H3. The molecular weight excluding hydrogens is 188 g/mol. The summed E-state index contributed by atoms with van der Waals surface area (Å²) in [5.41, 5.74) is 7.52. The SMILES string of the molecule is COc1cc(NC(C)C2CC2)ccc1N. The number of nitrogen functional groups attached to an aromatic ring is 1. The van der Waals surface area contributed by atoms with Gasteiger partial charge in [-0.1, -0.05) is 0 Å². The first-order chi connectivity index (χ1) is 7.20. The molecule has 1 aromatic rings. The van der Waals surface area contributed by atoms with E-state index in [2.05, 4.69) is 12.2 Å². The number of hydrogen-bond acceptors (Lipinski definition) is 3. The maximum absolute atomic E-state index is 5.75. The van der Waals surface area contributed by atoms with Gasteiger partial charge in [-0.15, -0.1) is 0 Å². The van der Waals surface area contributed by atoms with Crippen molar-refractivity contribution in [3.8, 4) is 5.75 Å². The van der Waals surface area contributed by atoms with Crippen molar-refractivity contribution in [3.05, 3.63) is 18.2 Å². The van der Waals surface area contributed by atoms with Crippen LogP contribution in [0.25, 0.3) is 0 Å². The molecule has 0 bridgehead atoms. The molecule has 1 saturated carbocycles. The zero-order valence-corrected chi connectivity index (χ0v) is 9.29. The van der Waals surface area contributed by atoms with Gasteiger partial charge in [0.1, 0.15) is 5.75 Å². The van der Waals surface area contributed by atoms with Crippen LogP contribution < -0.4 is 15.8 Å². The summed E-state index contributed by atoms with van der Waals surface area (Å²) in [6.45, 7) is 2.22. The summed E-state index contributed by atoms with van der Waals surface area (Å²) < 4.78 is 5.18. The molecule has 3 heteroatoms. The average Bonchev–Trinajstić information content (AvgIpc) is 3.04. The highest BCUT2D eigenvalue weighted by molar-refractivity contribution is 5.61. The topological polar surface area (TPSA) is 47.3 Å². The van der Waals surface area contributed by atoms with Crippen LogP contribution in [0.1, 0.15) is 19.8 Å². The molecule has 1 aromatic carbocycles. The van der Waals surface area contributed by atoms with Crippen LogP contribution in [0.4, 0.5) is 11.4 Å². The summed E-state index contributed by atoms with van der Waals surface area (Å²) in [6, 6.07) is 6.37. The zero-order valence-electron chi connectivity index (χ0n) is 9.29. The van der Waals surface area contributed by atoms with Crippen LogP contribution in [0.3, 0.4) is 0 Å². The van der Waals surface area contributed by atoms with E-state index < -0.39 is 0 Å². The highest BCUT2D eigenvalue weighted by atomic mass is 16.5. The summed E-state index contributed by atoms with van der Waals surface area (Å²) in [7, 11) is 1.64. The summed E-state index contributed by atoms with van der Waals surface area (Å²) in [4.78, 5) is 0. The molecule has 0 amide bonds. The monoisotopic (exact) mass is 206 g/mol. The van der Waals surface area contributed by atoms with E-state index in [4.69, 9.17) is 10.5 Å². The maximum atomic E-state index is 5.75. The van der Waals surface area contributed by atoms with Gasteiger partial charge in [0, 0.05) is 17.8 Å². The fraction of sp³-hybridized carbons (Fsp3) is 0.500. The third-order valence-electron chi connectivity index (χ3n) is 2.96. The number of methoxy groups -OCH3 is 1. The fourth-order valence-corrected chi connectivity index (χ4v) is 1.78. The molecule has 0 radical (unpaired) electrons. The number of benzene rings is 1. The van der Waals surface area contributed by atoms with Crippen molar-refractivity contribution in [3.63, 3.8) is 0 Å². The molecule has 1 fully saturated rings. The smallest absolute Gasteiger partial charge is 0.143 e. The highest BCUT2D eigenvalue weighted by Crippen LogP contribution is 2.34. The first-order valence-corrected chi connectivity index (χ1v) is 5.40. The summed E-state index contributed by atoms with van der Waals surface area (Å²) in [6.07, 6.45) is 2.69. The fourth-order valence-electron chi connectivity index (χ4n) is 1.78. The number of hydrogen-bond donors (Lipinski definition) is 2. The lowest BCUT2D eigenvalue weighted by atomic mass is 10.2. The molecule has 3 nitrogen and oxygen atoms in total. The van der Waals surface area contributed by atoms with Gasteiger partial charge < -0.3 is 15.8 Å². The molecule has 0 aliphatic heterocycles. The lowest BCUT2D eigenvalue weighted by Gasteiger charge is -2.15. The molecule has 1 unspecified atom stereocenters. The van der Waals surface area contributed by atoms with E-state index in [1.807, 2.05) is 18.2 Å². The molecule has 82 valence electrons. The second kappa shape index (κ2) is 4.01. The van der Waals surface area contributed by atoms with Crippen molar-refractivity contribution >= 4 is 11.4 Å². The Kier molecular flexibility index (Phi) is 2.71. The van der Waals surface area contributed by atoms with E-state index >= 15 is 0 Å². The normalized spacial score (nSPS) is 17.2. The minimum atomic E-state index is 0.540. The van der Waals surface area contributed by atoms with Crippen LogP contribution in [-0.2, 0) is 0 Å². The van der Waals surface area contributed by atoms with Crippen molar-refractivity contribution < 1.29 is 4.74 Å². The quantitative estimate of drug-likeness (QED) is 0.744. The van der Waals surface area contributed by atoms with Gasteiger partial charge in [0.05, 0.1) is 12.8 Å². The third-order valence-corrected chi connectivity index (χ3v) is 2.96. The van der Waals surface area contributed by atoms with E-state index in [1.165, 1.54) is 12.8 Å². The summed E-state index contributed by atoms with van der Waals surface area (Å²) in [5, 5.41) is 3.47. The molecule has 15 heavy (non-hydrogen) atoms. The first kappa shape index (κ1) is 10.1. The van der Waals surface area contributed by atoms with E-state index in [0.29, 0.717) is 11.7 Å². The number of nitrogens with two attached hydrogens (primary N) is 1. The Labute approximate surface area is 90.6 Å². The van der Waals surface area contributed by atoms with Gasteiger partial charge in [-0.3, -0.25) is 0 Å². The number of ether oxygens (including phenoxy) is 1. The number of nitrogens with one attached hydrogen (secondary N) is 1. The lowest BCUT2D eigenvalue weighted by Crippen LogP contribution is -2.17. The van der Waals surface area contributed by atoms with Crippen molar-refractivity contribution in [2.45, 2.75) is 25.8 Å². The number of rotatable bonds is 4. The second-order valence-electron chi connectivity index (χ2n) is 4.23. The van der Waals surface area contributed by atoms with E-state index in [-0.39, 0.29) is 0 Å². The molecule has 2 rings (SSSR count). The molecule has 1 atom stereocenters. The Bertz CT molecular complexity index is 347. The molecule has 3 N–H and O–H groups in total. The molecule has 0 aromatic heterocycles. The Balaban J connectivity index is 2.07. The van der Waals surface area contributed by atoms with Crippen LogP contribution in [0.2, 0.25) is 0 Å². The molecule has 1 aliphatic carbocycles. The Hall–Kier alpha value is -1.38. The van der Waals surface area contributed by atoms with Gasteiger partial charge in [0.25, 0.3) is 0 Å². The average molecular weight is 206 g/mol. The van der Waals surface area contributed by atoms with Gasteiger partial charge in [-0.2, -0.15) is 0 Å². The van der Waals surface area contributed by atoms with Crippen molar-refractivity contribution in [2.24, 2.45) is 5.92 Å². The lowest BCUT2D eigenvalue weighted by molar-refractivity contribution is 0.417. The van der Waals surface area contributed by atoms with E-state index in [0.717, 1.165) is 17.4 Å². The van der Waals surface area contributed by atoms with Crippen molar-refractivity contribution in [1.82, 2.24) is 0 Å². The van der Waals surface area contributed by atoms with Gasteiger partial charge >= 0.3 is 0 Å². The highest BCUT2D eigenvalue weighted by Gasteiger charge is 2.27. The van der Waals surface area contributed by atoms with Gasteiger partial charge in [-0.25, -0.2) is 0 Å². The number of anilines is 2. The summed E-state index contributed by atoms with van der Waals surface area (Å²) in [5.74, 6) is 1.58. The van der Waals surface area contributed by atoms with E-state index in [1.54, 1.807) is 7.11 Å². The molecule has 0 saturated heterocycles. The molecule has 0 spiro atoms. The van der Waals surface area contributed by atoms with Crippen LogP contribution in [0, 0.1) is 5.92 Å². The van der Waals surface area contributed by atoms with Crippen LogP contribution in [-0.4, -0.2) is 13.2 Å². The van der Waals surface area contributed by atoms with Crippen LogP contribution in [0.5, 0.6) is 5.75 Å². The largest absolute Gasteiger partial charge is 0.495 e. The predicted molar refractivity (Wildman–Crippen MR) is 63.2 cm³/mol. The Morgan fingerprint density at radius 1 is 1.47 bits per heavy atom. The van der Waals surface area contributed by atoms with Gasteiger partial charge in [-0.05, 0) is 37.8 Å². The first-order valence-electron chi connectivity index (χ1n) is 5.40. The zero-order chi connectivity index (χ0) is 10.8. The molecule has 0 heterocycles. The van der Waals surface area contributed by atoms with Gasteiger partial charge in [0.2, 0.25) is 0 Å².